The monoisotopic (exact) mass is 546 g/mol. The van der Waals surface area contributed by atoms with Crippen LogP contribution in [0.5, 0.6) is 17.2 Å². The summed E-state index contributed by atoms with van der Waals surface area (Å²) in [7, 11) is 1.45. The second kappa shape index (κ2) is 11.3. The Labute approximate surface area is 221 Å². The molecule has 0 saturated heterocycles. The molecule has 1 amide bonds. The van der Waals surface area contributed by atoms with Crippen LogP contribution in [0.3, 0.4) is 0 Å². The number of ether oxygens (including phenoxy) is 3. The Bertz CT molecular complexity index is 1320. The highest BCUT2D eigenvalue weighted by Gasteiger charge is 2.46. The third kappa shape index (κ3) is 6.01. The molecule has 1 N–H and O–H groups in total. The van der Waals surface area contributed by atoms with Crippen molar-refractivity contribution in [3.05, 3.63) is 59.2 Å². The summed E-state index contributed by atoms with van der Waals surface area (Å²) in [6.07, 6.45) is -2.30. The molecule has 2 heterocycles. The lowest BCUT2D eigenvalue weighted by Crippen LogP contribution is -2.35. The number of methoxy groups -OCH3 is 1. The van der Waals surface area contributed by atoms with Crippen LogP contribution in [-0.2, 0) is 4.79 Å². The fourth-order valence-corrected chi connectivity index (χ4v) is 4.36. The number of hydrazone groups is 1. The van der Waals surface area contributed by atoms with E-state index in [1.807, 2.05) is 24.3 Å². The minimum absolute atomic E-state index is 0.201. The van der Waals surface area contributed by atoms with Crippen molar-refractivity contribution in [2.24, 2.45) is 10.1 Å². The van der Waals surface area contributed by atoms with Crippen LogP contribution in [0, 0.1) is 5.41 Å². The number of hydrogen-bond donors (Lipinski definition) is 1. The van der Waals surface area contributed by atoms with E-state index in [0.29, 0.717) is 34.6 Å². The van der Waals surface area contributed by atoms with Crippen LogP contribution in [0.4, 0.5) is 13.2 Å². The van der Waals surface area contributed by atoms with Crippen molar-refractivity contribution in [1.82, 2.24) is 5.01 Å². The van der Waals surface area contributed by atoms with Crippen LogP contribution in [-0.4, -0.2) is 53.5 Å². The van der Waals surface area contributed by atoms with E-state index in [1.54, 1.807) is 18.2 Å². The number of amidine groups is 2. The SMILES string of the molecule is CC[C@@H](C)c1ccc(OCCOc2ccc(/C=C3/C(=N)N4N=C(C(F)(F)F)SC4=NC3=O)cc2OC)cc1. The molecule has 2 aromatic rings. The molecule has 0 radical (unpaired) electrons. The van der Waals surface area contributed by atoms with Crippen molar-refractivity contribution in [3.8, 4) is 17.2 Å². The topological polar surface area (TPSA) is 96.6 Å². The van der Waals surface area contributed by atoms with E-state index in [2.05, 4.69) is 23.9 Å². The van der Waals surface area contributed by atoms with Gasteiger partial charge in [0.25, 0.3) is 5.91 Å². The predicted octanol–water partition coefficient (Wildman–Crippen LogP) is 5.85. The maximum atomic E-state index is 13.0. The Hall–Kier alpha value is -3.80. The highest BCUT2D eigenvalue weighted by atomic mass is 32.2. The summed E-state index contributed by atoms with van der Waals surface area (Å²) in [5, 5.41) is 10.8. The van der Waals surface area contributed by atoms with Gasteiger partial charge in [-0.05, 0) is 65.6 Å². The van der Waals surface area contributed by atoms with Crippen molar-refractivity contribution in [2.75, 3.05) is 20.3 Å². The molecule has 0 aromatic heterocycles. The van der Waals surface area contributed by atoms with Gasteiger partial charge in [-0.1, -0.05) is 32.0 Å². The standard InChI is InChI=1S/C26H25F3N4O4S/c1-4-15(2)17-6-8-18(9-7-17)36-11-12-37-20-10-5-16(14-21(20)35-3)13-19-22(30)33-25(31-23(19)34)38-24(32-33)26(27,28)29/h5-10,13-15,30H,4,11-12H2,1-3H3/b19-13-,30-22?/t15-/m1/s1. The second-order valence-corrected chi connectivity index (χ2v) is 9.36. The molecular weight excluding hydrogens is 521 g/mol. The van der Waals surface area contributed by atoms with Gasteiger partial charge in [0.15, 0.2) is 17.3 Å². The maximum absolute atomic E-state index is 13.0. The van der Waals surface area contributed by atoms with Gasteiger partial charge in [-0.3, -0.25) is 10.2 Å². The summed E-state index contributed by atoms with van der Waals surface area (Å²) in [6, 6.07) is 12.8. The zero-order valence-electron chi connectivity index (χ0n) is 20.8. The highest BCUT2D eigenvalue weighted by molar-refractivity contribution is 8.27. The van der Waals surface area contributed by atoms with E-state index < -0.39 is 23.0 Å². The minimum Gasteiger partial charge on any atom is -0.493 e. The fourth-order valence-electron chi connectivity index (χ4n) is 3.61. The molecule has 2 aliphatic heterocycles. The first-order valence-electron chi connectivity index (χ1n) is 11.7. The Kier molecular flexibility index (Phi) is 8.10. The van der Waals surface area contributed by atoms with E-state index in [1.165, 1.54) is 18.7 Å². The molecule has 2 aliphatic rings. The third-order valence-electron chi connectivity index (χ3n) is 5.87. The lowest BCUT2D eigenvalue weighted by Gasteiger charge is -2.20. The number of hydrogen-bond acceptors (Lipinski definition) is 7. The van der Waals surface area contributed by atoms with Crippen LogP contribution >= 0.6 is 11.8 Å². The normalized spacial score (nSPS) is 17.2. The number of rotatable bonds is 9. The first-order chi connectivity index (χ1) is 18.1. The number of carbonyl (C=O) groups is 1. The molecule has 1 atom stereocenters. The van der Waals surface area contributed by atoms with Gasteiger partial charge in [0.1, 0.15) is 19.0 Å². The summed E-state index contributed by atoms with van der Waals surface area (Å²) in [5.41, 5.74) is 1.52. The quantitative estimate of drug-likeness (QED) is 0.313. The Morgan fingerprint density at radius 1 is 1.11 bits per heavy atom. The molecule has 12 heteroatoms. The maximum Gasteiger partial charge on any atom is 0.441 e. The molecule has 0 aliphatic carbocycles. The molecular formula is C26H25F3N4O4S. The van der Waals surface area contributed by atoms with Crippen molar-refractivity contribution in [2.45, 2.75) is 32.4 Å². The summed E-state index contributed by atoms with van der Waals surface area (Å²) in [4.78, 5) is 16.1. The number of alkyl halides is 3. The van der Waals surface area contributed by atoms with Gasteiger partial charge in [-0.15, -0.1) is 0 Å². The molecule has 0 unspecified atom stereocenters. The van der Waals surface area contributed by atoms with Gasteiger partial charge in [-0.25, -0.2) is 0 Å². The van der Waals surface area contributed by atoms with Crippen molar-refractivity contribution < 1.29 is 32.2 Å². The molecule has 0 spiro atoms. The number of benzene rings is 2. The number of amides is 1. The number of aliphatic imine (C=N–C) groups is 1. The number of fused-ring (bicyclic) bond motifs is 1. The number of carbonyl (C=O) groups excluding carboxylic acids is 1. The highest BCUT2D eigenvalue weighted by Crippen LogP contribution is 2.36. The van der Waals surface area contributed by atoms with Crippen molar-refractivity contribution in [1.29, 1.82) is 5.41 Å². The van der Waals surface area contributed by atoms with E-state index in [9.17, 15) is 18.0 Å². The van der Waals surface area contributed by atoms with E-state index >= 15 is 0 Å². The van der Waals surface area contributed by atoms with Crippen molar-refractivity contribution >= 4 is 39.8 Å². The molecule has 2 aromatic carbocycles. The first kappa shape index (κ1) is 27.2. The van der Waals surface area contributed by atoms with E-state index in [4.69, 9.17) is 19.6 Å². The lowest BCUT2D eigenvalue weighted by atomic mass is 9.99. The van der Waals surface area contributed by atoms with Gasteiger partial charge in [-0.2, -0.15) is 28.3 Å². The van der Waals surface area contributed by atoms with Gasteiger partial charge < -0.3 is 14.2 Å². The molecule has 200 valence electrons. The Morgan fingerprint density at radius 3 is 2.47 bits per heavy atom. The minimum atomic E-state index is -4.70. The van der Waals surface area contributed by atoms with Gasteiger partial charge >= 0.3 is 6.18 Å². The van der Waals surface area contributed by atoms with Crippen LogP contribution in [0.15, 0.2) is 58.1 Å². The van der Waals surface area contributed by atoms with E-state index in [-0.39, 0.29) is 29.1 Å². The van der Waals surface area contributed by atoms with Crippen LogP contribution in [0.2, 0.25) is 0 Å². The van der Waals surface area contributed by atoms with Gasteiger partial charge in [0.05, 0.1) is 12.7 Å². The average Bonchev–Trinajstić information content (AvgIpc) is 3.34. The molecule has 38 heavy (non-hydrogen) atoms. The number of nitrogens with zero attached hydrogens (tertiary/aromatic N) is 3. The molecule has 0 bridgehead atoms. The summed E-state index contributed by atoms with van der Waals surface area (Å²) < 4.78 is 55.9. The predicted molar refractivity (Wildman–Crippen MR) is 140 cm³/mol. The Balaban J connectivity index is 1.40. The second-order valence-electron chi connectivity index (χ2n) is 8.41. The smallest absolute Gasteiger partial charge is 0.441 e. The lowest BCUT2D eigenvalue weighted by molar-refractivity contribution is -0.114. The van der Waals surface area contributed by atoms with Gasteiger partial charge in [0.2, 0.25) is 10.2 Å². The molecule has 0 saturated carbocycles. The zero-order chi connectivity index (χ0) is 27.4. The summed E-state index contributed by atoms with van der Waals surface area (Å²) >= 11 is 0.201. The number of halogens is 3. The Morgan fingerprint density at radius 2 is 1.82 bits per heavy atom. The van der Waals surface area contributed by atoms with E-state index in [0.717, 1.165) is 12.2 Å². The first-order valence-corrected chi connectivity index (χ1v) is 12.5. The largest absolute Gasteiger partial charge is 0.493 e. The average molecular weight is 547 g/mol. The van der Waals surface area contributed by atoms with Crippen molar-refractivity contribution in [3.63, 3.8) is 0 Å². The van der Waals surface area contributed by atoms with Gasteiger partial charge in [0, 0.05) is 0 Å². The summed E-state index contributed by atoms with van der Waals surface area (Å²) in [6.45, 7) is 4.87. The number of nitrogens with one attached hydrogen (secondary N) is 1. The number of thioether (sulfide) groups is 1. The summed E-state index contributed by atoms with van der Waals surface area (Å²) in [5.74, 6) is 0.696. The molecule has 8 nitrogen and oxygen atoms in total. The van der Waals surface area contributed by atoms with Crippen LogP contribution < -0.4 is 14.2 Å². The molecule has 4 rings (SSSR count). The van der Waals surface area contributed by atoms with Crippen LogP contribution in [0.1, 0.15) is 37.3 Å². The third-order valence-corrected chi connectivity index (χ3v) is 6.82. The molecule has 0 fully saturated rings. The van der Waals surface area contributed by atoms with Crippen LogP contribution in [0.25, 0.3) is 6.08 Å². The zero-order valence-corrected chi connectivity index (χ0v) is 21.7. The fraction of sp³-hybridized carbons (Fsp3) is 0.308.